The number of rotatable bonds is 7. The summed E-state index contributed by atoms with van der Waals surface area (Å²) in [5.74, 6) is -0.0397. The third-order valence-corrected chi connectivity index (χ3v) is 5.83. The van der Waals surface area contributed by atoms with Gasteiger partial charge in [0.05, 0.1) is 5.69 Å². The van der Waals surface area contributed by atoms with Crippen LogP contribution in [0.2, 0.25) is 0 Å². The van der Waals surface area contributed by atoms with E-state index in [1.54, 1.807) is 6.92 Å². The molecule has 7 heteroatoms. The average Bonchev–Trinajstić information content (AvgIpc) is 3.07. The van der Waals surface area contributed by atoms with Crippen molar-refractivity contribution in [3.05, 3.63) is 28.7 Å². The van der Waals surface area contributed by atoms with E-state index in [4.69, 9.17) is 4.74 Å². The Kier molecular flexibility index (Phi) is 6.87. The van der Waals surface area contributed by atoms with Crippen LogP contribution in [-0.4, -0.2) is 39.1 Å². The van der Waals surface area contributed by atoms with Crippen molar-refractivity contribution >= 4 is 17.5 Å². The molecule has 1 aliphatic rings. The molecular weight excluding hydrogens is 368 g/mol. The molecule has 7 nitrogen and oxygen atoms in total. The van der Waals surface area contributed by atoms with Crippen molar-refractivity contribution in [2.45, 2.75) is 78.7 Å². The zero-order valence-electron chi connectivity index (χ0n) is 18.0. The second kappa shape index (κ2) is 9.37. The largest absolute Gasteiger partial charge is 0.453 e. The van der Waals surface area contributed by atoms with Crippen molar-refractivity contribution in [1.29, 1.82) is 0 Å². The third-order valence-electron chi connectivity index (χ3n) is 5.83. The van der Waals surface area contributed by atoms with Crippen molar-refractivity contribution in [3.8, 4) is 0 Å². The summed E-state index contributed by atoms with van der Waals surface area (Å²) in [6, 6.07) is 1.94. The standard InChI is InChI=1S/C22H32N4O3/c1-14-12-20-24-15(2)19(16(3)26(20)25-14)10-11-21(27)29-17(4)22(28)23-13-18-8-6-5-7-9-18/h12,17-18H,5-11,13H2,1-4H3,(H,23,28). The molecule has 0 saturated heterocycles. The Morgan fingerprint density at radius 1 is 1.24 bits per heavy atom. The Balaban J connectivity index is 1.50. The molecule has 1 saturated carbocycles. The molecule has 2 heterocycles. The minimum Gasteiger partial charge on any atom is -0.453 e. The van der Waals surface area contributed by atoms with E-state index in [2.05, 4.69) is 15.4 Å². The molecule has 1 aliphatic carbocycles. The lowest BCUT2D eigenvalue weighted by molar-refractivity contribution is -0.154. The molecule has 0 bridgehead atoms. The van der Waals surface area contributed by atoms with E-state index in [1.165, 1.54) is 32.1 Å². The molecule has 2 aromatic rings. The molecule has 0 spiro atoms. The van der Waals surface area contributed by atoms with Crippen molar-refractivity contribution in [2.75, 3.05) is 6.54 Å². The molecule has 0 radical (unpaired) electrons. The predicted octanol–water partition coefficient (Wildman–Crippen LogP) is 3.22. The molecule has 29 heavy (non-hydrogen) atoms. The lowest BCUT2D eigenvalue weighted by Gasteiger charge is -2.22. The minimum atomic E-state index is -0.775. The number of esters is 1. The highest BCUT2D eigenvalue weighted by Crippen LogP contribution is 2.22. The molecule has 2 aromatic heterocycles. The molecule has 1 atom stereocenters. The fourth-order valence-electron chi connectivity index (χ4n) is 4.12. The van der Waals surface area contributed by atoms with Gasteiger partial charge in [0.2, 0.25) is 0 Å². The first-order valence-corrected chi connectivity index (χ1v) is 10.6. The number of fused-ring (bicyclic) bond motifs is 1. The second-order valence-electron chi connectivity index (χ2n) is 8.20. The smallest absolute Gasteiger partial charge is 0.306 e. The summed E-state index contributed by atoms with van der Waals surface area (Å²) >= 11 is 0. The van der Waals surface area contributed by atoms with Crippen molar-refractivity contribution in [2.24, 2.45) is 5.92 Å². The van der Waals surface area contributed by atoms with Crippen molar-refractivity contribution in [3.63, 3.8) is 0 Å². The SMILES string of the molecule is Cc1cc2nc(C)c(CCC(=O)OC(C)C(=O)NCC3CCCCC3)c(C)n2n1. The molecule has 0 aromatic carbocycles. The van der Waals surface area contributed by atoms with E-state index in [0.717, 1.165) is 28.3 Å². The maximum absolute atomic E-state index is 12.3. The number of ether oxygens (including phenoxy) is 1. The number of carbonyl (C=O) groups is 2. The van der Waals surface area contributed by atoms with E-state index in [-0.39, 0.29) is 18.3 Å². The molecule has 158 valence electrons. The number of carbonyl (C=O) groups excluding carboxylic acids is 2. The second-order valence-corrected chi connectivity index (χ2v) is 8.20. The Morgan fingerprint density at radius 3 is 2.69 bits per heavy atom. The van der Waals surface area contributed by atoms with Crippen LogP contribution in [0.5, 0.6) is 0 Å². The minimum absolute atomic E-state index is 0.204. The van der Waals surface area contributed by atoms with Gasteiger partial charge in [-0.3, -0.25) is 9.59 Å². The summed E-state index contributed by atoms with van der Waals surface area (Å²) in [6.07, 6.45) is 6.04. The predicted molar refractivity (Wildman–Crippen MR) is 111 cm³/mol. The van der Waals surface area contributed by atoms with Gasteiger partial charge in [0.15, 0.2) is 11.8 Å². The Morgan fingerprint density at radius 2 is 1.97 bits per heavy atom. The van der Waals surface area contributed by atoms with Gasteiger partial charge in [-0.25, -0.2) is 9.50 Å². The highest BCUT2D eigenvalue weighted by Gasteiger charge is 2.21. The summed E-state index contributed by atoms with van der Waals surface area (Å²) in [5, 5.41) is 7.39. The molecule has 1 fully saturated rings. The summed E-state index contributed by atoms with van der Waals surface area (Å²) in [6.45, 7) is 8.16. The highest BCUT2D eigenvalue weighted by atomic mass is 16.5. The van der Waals surface area contributed by atoms with E-state index in [0.29, 0.717) is 18.9 Å². The van der Waals surface area contributed by atoms with E-state index < -0.39 is 6.10 Å². The molecular formula is C22H32N4O3. The summed E-state index contributed by atoms with van der Waals surface area (Å²) < 4.78 is 7.16. The molecule has 3 rings (SSSR count). The van der Waals surface area contributed by atoms with Crippen LogP contribution in [0.15, 0.2) is 6.07 Å². The Hall–Kier alpha value is -2.44. The summed E-state index contributed by atoms with van der Waals surface area (Å²) in [4.78, 5) is 29.1. The summed E-state index contributed by atoms with van der Waals surface area (Å²) in [7, 11) is 0. The van der Waals surface area contributed by atoms with Crippen molar-refractivity contribution < 1.29 is 14.3 Å². The van der Waals surface area contributed by atoms with Crippen LogP contribution >= 0.6 is 0 Å². The van der Waals surface area contributed by atoms with Crippen molar-refractivity contribution in [1.82, 2.24) is 19.9 Å². The van der Waals surface area contributed by atoms with Crippen LogP contribution in [0.3, 0.4) is 0 Å². The first kappa shape index (κ1) is 21.3. The number of aryl methyl sites for hydroxylation is 3. The maximum Gasteiger partial charge on any atom is 0.306 e. The number of hydrogen-bond acceptors (Lipinski definition) is 5. The van der Waals surface area contributed by atoms with Gasteiger partial charge in [-0.15, -0.1) is 0 Å². The number of nitrogens with one attached hydrogen (secondary N) is 1. The molecule has 1 unspecified atom stereocenters. The summed E-state index contributed by atoms with van der Waals surface area (Å²) in [5.41, 5.74) is 4.58. The van der Waals surface area contributed by atoms with Gasteiger partial charge in [-0.05, 0) is 58.4 Å². The van der Waals surface area contributed by atoms with Crippen LogP contribution in [0.25, 0.3) is 5.65 Å². The zero-order chi connectivity index (χ0) is 21.0. The van der Waals surface area contributed by atoms with E-state index in [1.807, 2.05) is 31.4 Å². The van der Waals surface area contributed by atoms with Gasteiger partial charge in [-0.2, -0.15) is 5.10 Å². The first-order chi connectivity index (χ1) is 13.8. The zero-order valence-corrected chi connectivity index (χ0v) is 18.0. The topological polar surface area (TPSA) is 85.6 Å². The van der Waals surface area contributed by atoms with Gasteiger partial charge in [-0.1, -0.05) is 19.3 Å². The van der Waals surface area contributed by atoms with Gasteiger partial charge in [0.1, 0.15) is 0 Å². The molecule has 1 N–H and O–H groups in total. The monoisotopic (exact) mass is 400 g/mol. The number of nitrogens with zero attached hydrogens (tertiary/aromatic N) is 3. The Labute approximate surface area is 172 Å². The Bertz CT molecular complexity index is 884. The van der Waals surface area contributed by atoms with Crippen LogP contribution in [-0.2, 0) is 20.7 Å². The van der Waals surface area contributed by atoms with Gasteiger partial charge >= 0.3 is 5.97 Å². The number of hydrogen-bond donors (Lipinski definition) is 1. The lowest BCUT2D eigenvalue weighted by Crippen LogP contribution is -2.38. The lowest BCUT2D eigenvalue weighted by atomic mass is 9.89. The van der Waals surface area contributed by atoms with Crippen LogP contribution in [0, 0.1) is 26.7 Å². The quantitative estimate of drug-likeness (QED) is 0.721. The van der Waals surface area contributed by atoms with Crippen LogP contribution in [0.4, 0.5) is 0 Å². The van der Waals surface area contributed by atoms with Gasteiger partial charge in [0.25, 0.3) is 5.91 Å². The fraction of sp³-hybridized carbons (Fsp3) is 0.636. The maximum atomic E-state index is 12.3. The molecule has 1 amide bonds. The third kappa shape index (κ3) is 5.34. The van der Waals surface area contributed by atoms with Gasteiger partial charge < -0.3 is 10.1 Å². The average molecular weight is 401 g/mol. The normalized spacial score (nSPS) is 16.0. The first-order valence-electron chi connectivity index (χ1n) is 10.6. The molecule has 0 aliphatic heterocycles. The fourth-order valence-corrected chi connectivity index (χ4v) is 4.12. The van der Waals surface area contributed by atoms with E-state index in [9.17, 15) is 9.59 Å². The van der Waals surface area contributed by atoms with Crippen LogP contribution < -0.4 is 5.32 Å². The highest BCUT2D eigenvalue weighted by molar-refractivity contribution is 5.83. The van der Waals surface area contributed by atoms with Crippen LogP contribution in [0.1, 0.15) is 68.1 Å². The van der Waals surface area contributed by atoms with E-state index >= 15 is 0 Å². The number of aromatic nitrogens is 3. The van der Waals surface area contributed by atoms with Gasteiger partial charge in [0, 0.05) is 30.4 Å². The number of amides is 1.